The molecule has 0 aromatic rings. The summed E-state index contributed by atoms with van der Waals surface area (Å²) in [5.74, 6) is 1.38. The molecule has 20 heavy (non-hydrogen) atoms. The van der Waals surface area contributed by atoms with Crippen LogP contribution < -0.4 is 0 Å². The molecule has 0 aliphatic rings. The van der Waals surface area contributed by atoms with Gasteiger partial charge < -0.3 is 13.6 Å². The van der Waals surface area contributed by atoms with Gasteiger partial charge in [-0.25, -0.2) is 0 Å². The highest BCUT2D eigenvalue weighted by Crippen LogP contribution is 2.22. The molecule has 3 nitrogen and oxygen atoms in total. The number of ether oxygens (including phenoxy) is 1. The van der Waals surface area contributed by atoms with Crippen molar-refractivity contribution >= 4 is 16.6 Å². The zero-order valence-electron chi connectivity index (χ0n) is 14.9. The van der Waals surface area contributed by atoms with Crippen LogP contribution in [0.3, 0.4) is 0 Å². The Morgan fingerprint density at radius 1 is 0.850 bits per heavy atom. The van der Waals surface area contributed by atoms with Crippen LogP contribution in [0.25, 0.3) is 0 Å². The summed E-state index contributed by atoms with van der Waals surface area (Å²) >= 11 is 0. The Morgan fingerprint density at radius 2 is 1.30 bits per heavy atom. The number of allylic oxidation sites excluding steroid dienone is 2. The van der Waals surface area contributed by atoms with E-state index in [1.807, 2.05) is 39.8 Å². The molecule has 0 bridgehead atoms. The summed E-state index contributed by atoms with van der Waals surface area (Å²) in [5.41, 5.74) is -0.288. The quantitative estimate of drug-likeness (QED) is 0.380. The lowest BCUT2D eigenvalue weighted by atomic mass is 10.2. The highest BCUT2D eigenvalue weighted by atomic mass is 28.4. The standard InChI is InChI=1S/C15H32O3Si2/c1-11-13(17-19(5,6)7)12-14(16-15(2,3)4)18-20(8,9)10/h11-12H,1-10H3/b13-11+,14-12-. The molecular weight excluding hydrogens is 284 g/mol. The van der Waals surface area contributed by atoms with Crippen molar-refractivity contribution in [3.05, 3.63) is 23.9 Å². The van der Waals surface area contributed by atoms with Crippen molar-refractivity contribution in [3.63, 3.8) is 0 Å². The molecule has 0 aliphatic carbocycles. The molecule has 0 spiro atoms. The average Bonchev–Trinajstić information content (AvgIpc) is 2.08. The Hall–Kier alpha value is -0.686. The Bertz CT molecular complexity index is 348. The van der Waals surface area contributed by atoms with Crippen LogP contribution in [0.2, 0.25) is 39.3 Å². The van der Waals surface area contributed by atoms with Crippen LogP contribution in [0.1, 0.15) is 27.7 Å². The van der Waals surface area contributed by atoms with Crippen LogP contribution in [0.4, 0.5) is 0 Å². The lowest BCUT2D eigenvalue weighted by Gasteiger charge is -2.29. The highest BCUT2D eigenvalue weighted by molar-refractivity contribution is 6.70. The molecular formula is C15H32O3Si2. The third-order valence-electron chi connectivity index (χ3n) is 1.78. The molecule has 0 radical (unpaired) electrons. The summed E-state index contributed by atoms with van der Waals surface area (Å²) in [5, 5.41) is 0. The SMILES string of the molecule is C/C=C(\C=C(\OC(C)(C)C)O[Si](C)(C)C)O[Si](C)(C)C. The van der Waals surface area contributed by atoms with E-state index in [9.17, 15) is 0 Å². The third-order valence-corrected chi connectivity index (χ3v) is 3.44. The first-order valence-corrected chi connectivity index (χ1v) is 14.0. The van der Waals surface area contributed by atoms with Crippen molar-refractivity contribution in [2.24, 2.45) is 0 Å². The van der Waals surface area contributed by atoms with Crippen LogP contribution in [0.5, 0.6) is 0 Å². The monoisotopic (exact) mass is 316 g/mol. The van der Waals surface area contributed by atoms with Gasteiger partial charge in [0.2, 0.25) is 16.6 Å². The van der Waals surface area contributed by atoms with Crippen molar-refractivity contribution < 1.29 is 13.6 Å². The number of hydrogen-bond acceptors (Lipinski definition) is 3. The Morgan fingerprint density at radius 3 is 1.60 bits per heavy atom. The molecule has 5 heteroatoms. The Labute approximate surface area is 127 Å². The predicted molar refractivity (Wildman–Crippen MR) is 91.5 cm³/mol. The maximum atomic E-state index is 6.03. The molecule has 0 unspecified atom stereocenters. The second-order valence-electron chi connectivity index (χ2n) is 7.80. The van der Waals surface area contributed by atoms with Gasteiger partial charge in [0.05, 0.1) is 6.08 Å². The molecule has 0 aromatic heterocycles. The van der Waals surface area contributed by atoms with E-state index in [1.165, 1.54) is 0 Å². The van der Waals surface area contributed by atoms with Gasteiger partial charge in [-0.05, 0) is 73.1 Å². The molecule has 118 valence electrons. The molecule has 0 rings (SSSR count). The van der Waals surface area contributed by atoms with Gasteiger partial charge in [0, 0.05) is 0 Å². The molecule has 0 saturated carbocycles. The molecule has 0 amide bonds. The average molecular weight is 317 g/mol. The minimum absolute atomic E-state index is 0.288. The van der Waals surface area contributed by atoms with E-state index in [2.05, 4.69) is 39.3 Å². The van der Waals surface area contributed by atoms with E-state index in [0.717, 1.165) is 5.76 Å². The smallest absolute Gasteiger partial charge is 0.269 e. The fraction of sp³-hybridized carbons (Fsp3) is 0.733. The molecule has 0 aliphatic heterocycles. The van der Waals surface area contributed by atoms with Gasteiger partial charge in [-0.1, -0.05) is 0 Å². The maximum Gasteiger partial charge on any atom is 0.269 e. The minimum Gasteiger partial charge on any atom is -0.544 e. The van der Waals surface area contributed by atoms with Gasteiger partial charge in [-0.3, -0.25) is 0 Å². The second kappa shape index (κ2) is 6.85. The third kappa shape index (κ3) is 11.2. The molecule has 0 atom stereocenters. The first-order valence-electron chi connectivity index (χ1n) is 7.17. The zero-order chi connectivity index (χ0) is 16.2. The van der Waals surface area contributed by atoms with Crippen LogP contribution in [0, 0.1) is 0 Å². The van der Waals surface area contributed by atoms with Crippen molar-refractivity contribution in [1.29, 1.82) is 0 Å². The van der Waals surface area contributed by atoms with Crippen molar-refractivity contribution in [1.82, 2.24) is 0 Å². The van der Waals surface area contributed by atoms with Crippen LogP contribution in [-0.4, -0.2) is 22.2 Å². The molecule has 0 N–H and O–H groups in total. The Balaban J connectivity index is 5.23. The number of rotatable bonds is 6. The van der Waals surface area contributed by atoms with Gasteiger partial charge in [0.1, 0.15) is 11.4 Å². The summed E-state index contributed by atoms with van der Waals surface area (Å²) < 4.78 is 18.0. The topological polar surface area (TPSA) is 27.7 Å². The van der Waals surface area contributed by atoms with Gasteiger partial charge in [-0.15, -0.1) is 0 Å². The van der Waals surface area contributed by atoms with Gasteiger partial charge in [0.15, 0.2) is 0 Å². The highest BCUT2D eigenvalue weighted by Gasteiger charge is 2.24. The van der Waals surface area contributed by atoms with Gasteiger partial charge in [0.25, 0.3) is 5.95 Å². The maximum absolute atomic E-state index is 6.03. The zero-order valence-corrected chi connectivity index (χ0v) is 16.9. The van der Waals surface area contributed by atoms with E-state index in [1.54, 1.807) is 0 Å². The molecule has 0 aromatic carbocycles. The first-order chi connectivity index (χ1) is 8.72. The van der Waals surface area contributed by atoms with Crippen LogP contribution in [-0.2, 0) is 13.6 Å². The summed E-state index contributed by atoms with van der Waals surface area (Å²) in [4.78, 5) is 0. The molecule has 0 heterocycles. The first kappa shape index (κ1) is 19.3. The second-order valence-corrected chi connectivity index (χ2v) is 16.7. The van der Waals surface area contributed by atoms with Crippen molar-refractivity contribution in [2.75, 3.05) is 0 Å². The number of hydrogen-bond donors (Lipinski definition) is 0. The fourth-order valence-corrected chi connectivity index (χ4v) is 2.91. The summed E-state index contributed by atoms with van der Waals surface area (Å²) in [7, 11) is -3.36. The van der Waals surface area contributed by atoms with Crippen LogP contribution >= 0.6 is 0 Å². The molecule has 0 fully saturated rings. The van der Waals surface area contributed by atoms with Gasteiger partial charge >= 0.3 is 0 Å². The summed E-state index contributed by atoms with van der Waals surface area (Å²) in [6.45, 7) is 20.9. The van der Waals surface area contributed by atoms with E-state index >= 15 is 0 Å². The van der Waals surface area contributed by atoms with Crippen LogP contribution in [0.15, 0.2) is 23.9 Å². The summed E-state index contributed by atoms with van der Waals surface area (Å²) in [6, 6.07) is 0. The van der Waals surface area contributed by atoms with E-state index in [0.29, 0.717) is 5.95 Å². The Kier molecular flexibility index (Phi) is 6.61. The largest absolute Gasteiger partial charge is 0.544 e. The molecule has 0 saturated heterocycles. The lowest BCUT2D eigenvalue weighted by molar-refractivity contribution is -0.00878. The normalized spacial score (nSPS) is 15.1. The lowest BCUT2D eigenvalue weighted by Crippen LogP contribution is -2.30. The van der Waals surface area contributed by atoms with E-state index in [4.69, 9.17) is 13.6 Å². The summed E-state index contributed by atoms with van der Waals surface area (Å²) in [6.07, 6.45) is 3.83. The van der Waals surface area contributed by atoms with Gasteiger partial charge in [-0.2, -0.15) is 0 Å². The van der Waals surface area contributed by atoms with E-state index < -0.39 is 16.6 Å². The predicted octanol–water partition coefficient (Wildman–Crippen LogP) is 5.25. The van der Waals surface area contributed by atoms with Crippen molar-refractivity contribution in [2.45, 2.75) is 72.6 Å². The van der Waals surface area contributed by atoms with Crippen molar-refractivity contribution in [3.8, 4) is 0 Å². The van der Waals surface area contributed by atoms with E-state index in [-0.39, 0.29) is 5.60 Å². The fourth-order valence-electron chi connectivity index (χ4n) is 1.32. The minimum atomic E-state index is -1.72.